The molecule has 3 rings (SSSR count). The molecule has 134 valence electrons. The largest absolute Gasteiger partial charge is 0.345 e. The molecule has 0 radical (unpaired) electrons. The van der Waals surface area contributed by atoms with Gasteiger partial charge in [0.05, 0.1) is 6.54 Å². The SMILES string of the molecule is Cc1cccc(C(C(=O)NCc2nc(-c3ncccn3)no2)N(C)C)c1. The first-order valence-corrected chi connectivity index (χ1v) is 8.15. The lowest BCUT2D eigenvalue weighted by atomic mass is 10.0. The number of likely N-dealkylation sites (N-methyl/N-ethyl adjacent to an activating group) is 1. The first-order chi connectivity index (χ1) is 12.5. The fourth-order valence-corrected chi connectivity index (χ4v) is 2.62. The Labute approximate surface area is 151 Å². The van der Waals surface area contributed by atoms with Gasteiger partial charge in [0.2, 0.25) is 23.4 Å². The van der Waals surface area contributed by atoms with Crippen LogP contribution in [0.1, 0.15) is 23.1 Å². The second kappa shape index (κ2) is 7.83. The summed E-state index contributed by atoms with van der Waals surface area (Å²) in [5, 5.41) is 6.69. The van der Waals surface area contributed by atoms with Gasteiger partial charge in [0.25, 0.3) is 0 Å². The molecule has 0 fully saturated rings. The minimum absolute atomic E-state index is 0.134. The van der Waals surface area contributed by atoms with Crippen LogP contribution in [0.25, 0.3) is 11.6 Å². The minimum atomic E-state index is -0.408. The zero-order valence-electron chi connectivity index (χ0n) is 14.9. The van der Waals surface area contributed by atoms with Gasteiger partial charge in [-0.1, -0.05) is 35.0 Å². The number of rotatable bonds is 6. The molecule has 2 heterocycles. The van der Waals surface area contributed by atoms with Crippen molar-refractivity contribution in [3.8, 4) is 11.6 Å². The van der Waals surface area contributed by atoms with Gasteiger partial charge in [-0.05, 0) is 32.6 Å². The summed E-state index contributed by atoms with van der Waals surface area (Å²) in [5.41, 5.74) is 2.03. The summed E-state index contributed by atoms with van der Waals surface area (Å²) in [5.74, 6) is 0.816. The molecule has 0 aliphatic carbocycles. The predicted octanol–water partition coefficient (Wildman–Crippen LogP) is 1.75. The van der Waals surface area contributed by atoms with Crippen LogP contribution in [-0.4, -0.2) is 45.0 Å². The maximum Gasteiger partial charge on any atom is 0.246 e. The molecule has 1 amide bonds. The van der Waals surface area contributed by atoms with Gasteiger partial charge in [0, 0.05) is 12.4 Å². The average Bonchev–Trinajstić information content (AvgIpc) is 3.10. The minimum Gasteiger partial charge on any atom is -0.345 e. The summed E-state index contributed by atoms with van der Waals surface area (Å²) in [6.07, 6.45) is 3.20. The number of hydrogen-bond acceptors (Lipinski definition) is 7. The third kappa shape index (κ3) is 4.09. The van der Waals surface area contributed by atoms with Crippen molar-refractivity contribution in [3.63, 3.8) is 0 Å². The highest BCUT2D eigenvalue weighted by Crippen LogP contribution is 2.19. The lowest BCUT2D eigenvalue weighted by Crippen LogP contribution is -2.36. The van der Waals surface area contributed by atoms with E-state index in [1.54, 1.807) is 18.5 Å². The highest BCUT2D eigenvalue weighted by Gasteiger charge is 2.23. The molecular weight excluding hydrogens is 332 g/mol. The molecule has 26 heavy (non-hydrogen) atoms. The molecule has 2 aromatic heterocycles. The van der Waals surface area contributed by atoms with Crippen molar-refractivity contribution in [2.75, 3.05) is 14.1 Å². The second-order valence-electron chi connectivity index (χ2n) is 6.08. The Morgan fingerprint density at radius 1 is 1.19 bits per heavy atom. The standard InChI is InChI=1S/C18H20N6O2/c1-12-6-4-7-13(10-12)15(24(2)3)18(25)21-11-14-22-17(23-26-14)16-19-8-5-9-20-16/h4-10,15H,11H2,1-3H3,(H,21,25). The van der Waals surface area contributed by atoms with Crippen molar-refractivity contribution in [1.82, 2.24) is 30.3 Å². The van der Waals surface area contributed by atoms with Crippen LogP contribution in [-0.2, 0) is 11.3 Å². The van der Waals surface area contributed by atoms with Crippen LogP contribution in [0.15, 0.2) is 47.2 Å². The molecule has 0 spiro atoms. The van der Waals surface area contributed by atoms with Crippen molar-refractivity contribution in [2.24, 2.45) is 0 Å². The van der Waals surface area contributed by atoms with Crippen LogP contribution in [0.5, 0.6) is 0 Å². The zero-order chi connectivity index (χ0) is 18.5. The van der Waals surface area contributed by atoms with Crippen LogP contribution in [0.2, 0.25) is 0 Å². The van der Waals surface area contributed by atoms with Crippen LogP contribution in [0.3, 0.4) is 0 Å². The third-order valence-corrected chi connectivity index (χ3v) is 3.77. The number of aryl methyl sites for hydroxylation is 1. The molecule has 1 N–H and O–H groups in total. The Bertz CT molecular complexity index is 878. The monoisotopic (exact) mass is 352 g/mol. The van der Waals surface area contributed by atoms with Gasteiger partial charge in [0.1, 0.15) is 6.04 Å². The number of carbonyl (C=O) groups is 1. The Balaban J connectivity index is 1.68. The molecule has 3 aromatic rings. The summed E-state index contributed by atoms with van der Waals surface area (Å²) in [6, 6.07) is 9.18. The van der Waals surface area contributed by atoms with Crippen LogP contribution >= 0.6 is 0 Å². The highest BCUT2D eigenvalue weighted by atomic mass is 16.5. The van der Waals surface area contributed by atoms with E-state index in [1.165, 1.54) is 0 Å². The smallest absolute Gasteiger partial charge is 0.246 e. The number of benzene rings is 1. The van der Waals surface area contributed by atoms with E-state index < -0.39 is 6.04 Å². The van der Waals surface area contributed by atoms with Gasteiger partial charge in [-0.3, -0.25) is 9.69 Å². The van der Waals surface area contributed by atoms with E-state index in [0.29, 0.717) is 11.7 Å². The van der Waals surface area contributed by atoms with Crippen LogP contribution in [0, 0.1) is 6.92 Å². The molecule has 8 nitrogen and oxygen atoms in total. The topological polar surface area (TPSA) is 97.0 Å². The van der Waals surface area contributed by atoms with Gasteiger partial charge in [-0.2, -0.15) is 4.98 Å². The first kappa shape index (κ1) is 17.7. The lowest BCUT2D eigenvalue weighted by Gasteiger charge is -2.23. The Morgan fingerprint density at radius 2 is 1.96 bits per heavy atom. The average molecular weight is 352 g/mol. The molecular formula is C18H20N6O2. The summed E-state index contributed by atoms with van der Waals surface area (Å²) >= 11 is 0. The molecule has 0 aliphatic rings. The fourth-order valence-electron chi connectivity index (χ4n) is 2.62. The van der Waals surface area contributed by atoms with Gasteiger partial charge < -0.3 is 9.84 Å². The normalized spacial score (nSPS) is 12.2. The van der Waals surface area contributed by atoms with Gasteiger partial charge in [-0.25, -0.2) is 9.97 Å². The van der Waals surface area contributed by atoms with E-state index in [4.69, 9.17) is 4.52 Å². The number of aromatic nitrogens is 4. The van der Waals surface area contributed by atoms with Gasteiger partial charge in [0.15, 0.2) is 0 Å². The molecule has 0 saturated carbocycles. The number of amides is 1. The second-order valence-corrected chi connectivity index (χ2v) is 6.08. The number of carbonyl (C=O) groups excluding carboxylic acids is 1. The van der Waals surface area contributed by atoms with Crippen LogP contribution < -0.4 is 5.32 Å². The summed E-state index contributed by atoms with van der Waals surface area (Å²) in [6.45, 7) is 2.13. The third-order valence-electron chi connectivity index (χ3n) is 3.77. The molecule has 0 saturated heterocycles. The van der Waals surface area contributed by atoms with E-state index in [1.807, 2.05) is 50.2 Å². The van der Waals surface area contributed by atoms with Crippen molar-refractivity contribution in [2.45, 2.75) is 19.5 Å². The summed E-state index contributed by atoms with van der Waals surface area (Å²) in [7, 11) is 3.73. The van der Waals surface area contributed by atoms with Gasteiger partial charge >= 0.3 is 0 Å². The number of nitrogens with zero attached hydrogens (tertiary/aromatic N) is 5. The molecule has 0 aliphatic heterocycles. The Kier molecular flexibility index (Phi) is 5.33. The van der Waals surface area contributed by atoms with Crippen LogP contribution in [0.4, 0.5) is 0 Å². The maximum absolute atomic E-state index is 12.7. The maximum atomic E-state index is 12.7. The van der Waals surface area contributed by atoms with Crippen molar-refractivity contribution < 1.29 is 9.32 Å². The molecule has 1 atom stereocenters. The molecule has 1 aromatic carbocycles. The molecule has 8 heteroatoms. The zero-order valence-corrected chi connectivity index (χ0v) is 14.9. The first-order valence-electron chi connectivity index (χ1n) is 8.15. The summed E-state index contributed by atoms with van der Waals surface area (Å²) in [4.78, 5) is 26.9. The van der Waals surface area contributed by atoms with E-state index in [9.17, 15) is 4.79 Å². The van der Waals surface area contributed by atoms with Crippen molar-refractivity contribution in [1.29, 1.82) is 0 Å². The van der Waals surface area contributed by atoms with E-state index >= 15 is 0 Å². The predicted molar refractivity (Wildman–Crippen MR) is 94.8 cm³/mol. The van der Waals surface area contributed by atoms with E-state index in [-0.39, 0.29) is 18.3 Å². The van der Waals surface area contributed by atoms with E-state index in [2.05, 4.69) is 25.4 Å². The molecule has 0 bridgehead atoms. The molecule has 1 unspecified atom stereocenters. The van der Waals surface area contributed by atoms with E-state index in [0.717, 1.165) is 11.1 Å². The number of nitrogens with one attached hydrogen (secondary N) is 1. The Morgan fingerprint density at radius 3 is 2.65 bits per heavy atom. The van der Waals surface area contributed by atoms with Crippen molar-refractivity contribution >= 4 is 5.91 Å². The Hall–Kier alpha value is -3.13. The fraction of sp³-hybridized carbons (Fsp3) is 0.278. The lowest BCUT2D eigenvalue weighted by molar-refractivity contribution is -0.126. The van der Waals surface area contributed by atoms with Gasteiger partial charge in [-0.15, -0.1) is 0 Å². The summed E-state index contributed by atoms with van der Waals surface area (Å²) < 4.78 is 5.17. The number of hydrogen-bond donors (Lipinski definition) is 1. The highest BCUT2D eigenvalue weighted by molar-refractivity contribution is 5.83. The van der Waals surface area contributed by atoms with Crippen molar-refractivity contribution in [3.05, 3.63) is 59.7 Å². The quantitative estimate of drug-likeness (QED) is 0.722.